The largest absolute Gasteiger partial charge is 0.497 e. The molecule has 1 heterocycles. The van der Waals surface area contributed by atoms with Crippen LogP contribution in [0.15, 0.2) is 53.4 Å². The number of ether oxygens (including phenoxy) is 2. The van der Waals surface area contributed by atoms with Crippen molar-refractivity contribution in [2.45, 2.75) is 4.90 Å². The number of hydrogen-bond acceptors (Lipinski definition) is 6. The molecule has 2 aromatic carbocycles. The fraction of sp³-hybridized carbons (Fsp3) is 0.316. The first-order chi connectivity index (χ1) is 13.0. The van der Waals surface area contributed by atoms with Gasteiger partial charge < -0.3 is 14.4 Å². The van der Waals surface area contributed by atoms with E-state index in [1.807, 2.05) is 6.07 Å². The zero-order chi connectivity index (χ0) is 19.4. The maximum Gasteiger partial charge on any atom is 0.337 e. The Morgan fingerprint density at radius 2 is 1.63 bits per heavy atom. The summed E-state index contributed by atoms with van der Waals surface area (Å²) in [4.78, 5) is 14.0. The van der Waals surface area contributed by atoms with E-state index in [1.54, 1.807) is 42.5 Å². The fourth-order valence-corrected chi connectivity index (χ4v) is 4.45. The van der Waals surface area contributed by atoms with Crippen molar-refractivity contribution in [1.29, 1.82) is 0 Å². The Morgan fingerprint density at radius 1 is 0.963 bits per heavy atom. The van der Waals surface area contributed by atoms with Crippen molar-refractivity contribution >= 4 is 21.7 Å². The highest BCUT2D eigenvalue weighted by Gasteiger charge is 2.28. The van der Waals surface area contributed by atoms with Crippen molar-refractivity contribution in [3.63, 3.8) is 0 Å². The van der Waals surface area contributed by atoms with Crippen LogP contribution in [0.3, 0.4) is 0 Å². The predicted octanol–water partition coefficient (Wildman–Crippen LogP) is 1.99. The topological polar surface area (TPSA) is 76.2 Å². The summed E-state index contributed by atoms with van der Waals surface area (Å²) in [7, 11) is -0.657. The molecular weight excluding hydrogens is 368 g/mol. The number of carbonyl (C=O) groups is 1. The summed E-state index contributed by atoms with van der Waals surface area (Å²) < 4.78 is 36.9. The Bertz CT molecular complexity index is 904. The minimum atomic E-state index is -3.54. The molecule has 0 amide bonds. The number of benzene rings is 2. The van der Waals surface area contributed by atoms with E-state index in [9.17, 15) is 13.2 Å². The smallest absolute Gasteiger partial charge is 0.337 e. The minimum absolute atomic E-state index is 0.254. The van der Waals surface area contributed by atoms with Crippen molar-refractivity contribution in [3.05, 3.63) is 54.1 Å². The maximum absolute atomic E-state index is 12.8. The summed E-state index contributed by atoms with van der Waals surface area (Å²) in [5.41, 5.74) is 1.35. The number of nitrogens with zero attached hydrogens (tertiary/aromatic N) is 2. The van der Waals surface area contributed by atoms with Gasteiger partial charge in [0.15, 0.2) is 0 Å². The van der Waals surface area contributed by atoms with Crippen LogP contribution in [0.1, 0.15) is 10.4 Å². The Labute approximate surface area is 159 Å². The van der Waals surface area contributed by atoms with Crippen LogP contribution >= 0.6 is 0 Å². The van der Waals surface area contributed by atoms with E-state index in [0.717, 1.165) is 5.69 Å². The van der Waals surface area contributed by atoms with Crippen molar-refractivity contribution < 1.29 is 22.7 Å². The van der Waals surface area contributed by atoms with Gasteiger partial charge in [0.2, 0.25) is 10.0 Å². The Balaban J connectivity index is 1.70. The fourth-order valence-electron chi connectivity index (χ4n) is 3.03. The van der Waals surface area contributed by atoms with E-state index < -0.39 is 16.0 Å². The zero-order valence-corrected chi connectivity index (χ0v) is 16.1. The second-order valence-corrected chi connectivity index (χ2v) is 8.05. The molecule has 0 bridgehead atoms. The number of carbonyl (C=O) groups excluding carboxylic acids is 1. The SMILES string of the molecule is COC(=O)c1cccc(N2CCN(S(=O)(=O)c3ccc(OC)cc3)CC2)c1. The molecule has 27 heavy (non-hydrogen) atoms. The molecule has 1 aliphatic heterocycles. The number of sulfonamides is 1. The van der Waals surface area contributed by atoms with Gasteiger partial charge in [-0.25, -0.2) is 13.2 Å². The molecule has 1 fully saturated rings. The summed E-state index contributed by atoms with van der Waals surface area (Å²) in [6, 6.07) is 13.5. The molecule has 1 saturated heterocycles. The molecule has 3 rings (SSSR count). The summed E-state index contributed by atoms with van der Waals surface area (Å²) in [6.07, 6.45) is 0. The second kappa shape index (κ2) is 7.98. The van der Waals surface area contributed by atoms with Crippen molar-refractivity contribution in [3.8, 4) is 5.75 Å². The van der Waals surface area contributed by atoms with Gasteiger partial charge in [0.05, 0.1) is 24.7 Å². The van der Waals surface area contributed by atoms with Gasteiger partial charge in [-0.05, 0) is 42.5 Å². The van der Waals surface area contributed by atoms with Gasteiger partial charge >= 0.3 is 5.97 Å². The van der Waals surface area contributed by atoms with Gasteiger partial charge in [0.1, 0.15) is 5.75 Å². The van der Waals surface area contributed by atoms with E-state index in [0.29, 0.717) is 37.5 Å². The highest BCUT2D eigenvalue weighted by molar-refractivity contribution is 7.89. The van der Waals surface area contributed by atoms with E-state index in [2.05, 4.69) is 4.90 Å². The lowest BCUT2D eigenvalue weighted by atomic mass is 10.2. The maximum atomic E-state index is 12.8. The molecule has 0 radical (unpaired) electrons. The molecule has 144 valence electrons. The molecule has 0 saturated carbocycles. The van der Waals surface area contributed by atoms with Crippen LogP contribution in [0, 0.1) is 0 Å². The number of anilines is 1. The lowest BCUT2D eigenvalue weighted by Gasteiger charge is -2.35. The van der Waals surface area contributed by atoms with Crippen LogP contribution < -0.4 is 9.64 Å². The normalized spacial score (nSPS) is 15.4. The third kappa shape index (κ3) is 4.06. The van der Waals surface area contributed by atoms with E-state index >= 15 is 0 Å². The van der Waals surface area contributed by atoms with Crippen LogP contribution in [0.5, 0.6) is 5.75 Å². The third-order valence-corrected chi connectivity index (χ3v) is 6.48. The molecule has 2 aromatic rings. The van der Waals surface area contributed by atoms with Crippen LogP contribution in [0.4, 0.5) is 5.69 Å². The van der Waals surface area contributed by atoms with E-state index in [1.165, 1.54) is 18.5 Å². The average molecular weight is 390 g/mol. The summed E-state index contributed by atoms with van der Waals surface area (Å²) >= 11 is 0. The molecule has 7 nitrogen and oxygen atoms in total. The molecule has 0 unspecified atom stereocenters. The zero-order valence-electron chi connectivity index (χ0n) is 15.3. The molecule has 8 heteroatoms. The van der Waals surface area contributed by atoms with Gasteiger partial charge in [-0.2, -0.15) is 4.31 Å². The molecule has 1 aliphatic rings. The van der Waals surface area contributed by atoms with Crippen LogP contribution in [0.2, 0.25) is 0 Å². The van der Waals surface area contributed by atoms with Crippen LogP contribution in [-0.4, -0.2) is 59.1 Å². The van der Waals surface area contributed by atoms with Gasteiger partial charge in [-0.1, -0.05) is 6.07 Å². The molecule has 0 atom stereocenters. The second-order valence-electron chi connectivity index (χ2n) is 6.11. The highest BCUT2D eigenvalue weighted by Crippen LogP contribution is 2.23. The van der Waals surface area contributed by atoms with Crippen LogP contribution in [0.25, 0.3) is 0 Å². The Hall–Kier alpha value is -2.58. The minimum Gasteiger partial charge on any atom is -0.497 e. The van der Waals surface area contributed by atoms with E-state index in [-0.39, 0.29) is 4.90 Å². The molecule has 0 aromatic heterocycles. The monoisotopic (exact) mass is 390 g/mol. The van der Waals surface area contributed by atoms with Gasteiger partial charge in [0.25, 0.3) is 0 Å². The first-order valence-corrected chi connectivity index (χ1v) is 9.97. The Kier molecular flexibility index (Phi) is 5.67. The summed E-state index contributed by atoms with van der Waals surface area (Å²) in [6.45, 7) is 1.83. The quantitative estimate of drug-likeness (QED) is 0.727. The summed E-state index contributed by atoms with van der Waals surface area (Å²) in [5, 5.41) is 0. The standard InChI is InChI=1S/C19H22N2O5S/c1-25-17-6-8-18(9-7-17)27(23,24)21-12-10-20(11-13-21)16-5-3-4-15(14-16)19(22)26-2/h3-9,14H,10-13H2,1-2H3. The number of hydrogen-bond donors (Lipinski definition) is 0. The van der Waals surface area contributed by atoms with Crippen molar-refractivity contribution in [1.82, 2.24) is 4.31 Å². The first-order valence-electron chi connectivity index (χ1n) is 8.53. The highest BCUT2D eigenvalue weighted by atomic mass is 32.2. The molecular formula is C19H22N2O5S. The van der Waals surface area contributed by atoms with Crippen molar-refractivity contribution in [2.24, 2.45) is 0 Å². The predicted molar refractivity (Wildman–Crippen MR) is 102 cm³/mol. The number of methoxy groups -OCH3 is 2. The molecule has 0 aliphatic carbocycles. The average Bonchev–Trinajstić information content (AvgIpc) is 2.73. The van der Waals surface area contributed by atoms with Crippen LogP contribution in [-0.2, 0) is 14.8 Å². The first kappa shape index (κ1) is 19.2. The lowest BCUT2D eigenvalue weighted by Crippen LogP contribution is -2.48. The number of piperazine rings is 1. The van der Waals surface area contributed by atoms with Gasteiger partial charge in [-0.3, -0.25) is 0 Å². The molecule has 0 spiro atoms. The summed E-state index contributed by atoms with van der Waals surface area (Å²) in [5.74, 6) is 0.224. The van der Waals surface area contributed by atoms with Gasteiger partial charge in [-0.15, -0.1) is 0 Å². The van der Waals surface area contributed by atoms with Crippen molar-refractivity contribution in [2.75, 3.05) is 45.3 Å². The van der Waals surface area contributed by atoms with E-state index in [4.69, 9.17) is 9.47 Å². The lowest BCUT2D eigenvalue weighted by molar-refractivity contribution is 0.0600. The molecule has 0 N–H and O–H groups in total. The Morgan fingerprint density at radius 3 is 2.22 bits per heavy atom. The number of esters is 1. The number of rotatable bonds is 5. The van der Waals surface area contributed by atoms with Gasteiger partial charge in [0, 0.05) is 31.9 Å². The third-order valence-electron chi connectivity index (χ3n) is 4.57.